The number of ether oxygens (including phenoxy) is 2. The molecule has 0 radical (unpaired) electrons. The molecule has 1 aromatic carbocycles. The minimum Gasteiger partial charge on any atom is -0.445 e. The molecular weight excluding hydrogens is 254 g/mol. The summed E-state index contributed by atoms with van der Waals surface area (Å²) >= 11 is 0. The number of nitrogens with one attached hydrogen (secondary N) is 1. The van der Waals surface area contributed by atoms with Gasteiger partial charge < -0.3 is 14.8 Å². The van der Waals surface area contributed by atoms with Gasteiger partial charge in [0, 0.05) is 13.2 Å². The van der Waals surface area contributed by atoms with Gasteiger partial charge in [-0.2, -0.15) is 0 Å². The second kappa shape index (κ2) is 7.56. The van der Waals surface area contributed by atoms with Gasteiger partial charge in [-0.25, -0.2) is 4.79 Å². The first-order valence-corrected chi connectivity index (χ1v) is 6.79. The van der Waals surface area contributed by atoms with Crippen LogP contribution in [0.2, 0.25) is 0 Å². The molecule has 1 aromatic rings. The summed E-state index contributed by atoms with van der Waals surface area (Å²) in [4.78, 5) is 11.7. The lowest BCUT2D eigenvalue weighted by atomic mass is 10.00. The number of carbonyl (C=O) groups is 1. The molecule has 1 amide bonds. The van der Waals surface area contributed by atoms with Crippen LogP contribution in [0.15, 0.2) is 30.3 Å². The van der Waals surface area contributed by atoms with Crippen molar-refractivity contribution in [1.82, 2.24) is 5.32 Å². The number of carbonyl (C=O) groups excluding carboxylic acids is 1. The monoisotopic (exact) mass is 273 g/mol. The van der Waals surface area contributed by atoms with Crippen molar-refractivity contribution in [2.24, 2.45) is 5.92 Å². The van der Waals surface area contributed by atoms with Crippen LogP contribution >= 0.6 is 0 Å². The predicted octanol–water partition coefficient (Wildman–Crippen LogP) is 2.34. The fourth-order valence-corrected chi connectivity index (χ4v) is 2.18. The normalized spacial score (nSPS) is 19.1. The van der Waals surface area contributed by atoms with E-state index in [1.165, 1.54) is 0 Å². The number of amides is 1. The van der Waals surface area contributed by atoms with Crippen molar-refractivity contribution in [2.45, 2.75) is 25.5 Å². The quantitative estimate of drug-likeness (QED) is 0.838. The molecule has 1 fully saturated rings. The Labute approximate surface area is 119 Å². The third kappa shape index (κ3) is 4.60. The topological polar surface area (TPSA) is 47.6 Å². The van der Waals surface area contributed by atoms with Crippen LogP contribution in [0.5, 0.6) is 0 Å². The van der Waals surface area contributed by atoms with Gasteiger partial charge in [0.15, 0.2) is 0 Å². The van der Waals surface area contributed by atoms with Gasteiger partial charge in [0.1, 0.15) is 6.61 Å². The lowest BCUT2D eigenvalue weighted by Crippen LogP contribution is -2.35. The summed E-state index contributed by atoms with van der Waals surface area (Å²) in [6.07, 6.45) is 6.70. The highest BCUT2D eigenvalue weighted by atomic mass is 16.5. The standard InChI is InChI=1S/C16H19NO3/c1-2-15(10-14-8-9-19-11-14)17-16(18)20-12-13-6-4-3-5-7-13/h1,3-7,14-15H,8-12H2,(H,17,18). The first kappa shape index (κ1) is 14.4. The zero-order chi connectivity index (χ0) is 14.2. The second-order valence-electron chi connectivity index (χ2n) is 4.89. The Morgan fingerprint density at radius 2 is 2.30 bits per heavy atom. The molecule has 2 rings (SSSR count). The molecule has 1 aliphatic heterocycles. The highest BCUT2D eigenvalue weighted by Crippen LogP contribution is 2.18. The van der Waals surface area contributed by atoms with Crippen LogP contribution < -0.4 is 5.32 Å². The highest BCUT2D eigenvalue weighted by molar-refractivity contribution is 5.68. The van der Waals surface area contributed by atoms with Gasteiger partial charge in [-0.3, -0.25) is 0 Å². The van der Waals surface area contributed by atoms with Crippen LogP contribution in [0.4, 0.5) is 4.79 Å². The molecule has 0 bridgehead atoms. The maximum atomic E-state index is 11.7. The fourth-order valence-electron chi connectivity index (χ4n) is 2.18. The van der Waals surface area contributed by atoms with E-state index in [1.54, 1.807) is 0 Å². The number of rotatable bonds is 5. The molecular formula is C16H19NO3. The van der Waals surface area contributed by atoms with Crippen molar-refractivity contribution in [3.05, 3.63) is 35.9 Å². The average Bonchev–Trinajstić information content (AvgIpc) is 2.98. The van der Waals surface area contributed by atoms with E-state index in [2.05, 4.69) is 11.2 Å². The summed E-state index contributed by atoms with van der Waals surface area (Å²) in [7, 11) is 0. The fraction of sp³-hybridized carbons (Fsp3) is 0.438. The van der Waals surface area contributed by atoms with Crippen molar-refractivity contribution in [1.29, 1.82) is 0 Å². The summed E-state index contributed by atoms with van der Waals surface area (Å²) in [5.74, 6) is 3.01. The maximum Gasteiger partial charge on any atom is 0.408 e. The SMILES string of the molecule is C#CC(CC1CCOC1)NC(=O)OCc1ccccc1. The van der Waals surface area contributed by atoms with Gasteiger partial charge in [-0.1, -0.05) is 36.3 Å². The van der Waals surface area contributed by atoms with Crippen LogP contribution in [0.3, 0.4) is 0 Å². The zero-order valence-corrected chi connectivity index (χ0v) is 11.4. The molecule has 0 spiro atoms. The van der Waals surface area contributed by atoms with Crippen LogP contribution in [0.25, 0.3) is 0 Å². The summed E-state index contributed by atoms with van der Waals surface area (Å²) in [5, 5.41) is 2.71. The Morgan fingerprint density at radius 1 is 1.50 bits per heavy atom. The van der Waals surface area contributed by atoms with Crippen molar-refractivity contribution < 1.29 is 14.3 Å². The van der Waals surface area contributed by atoms with Gasteiger partial charge in [-0.15, -0.1) is 6.42 Å². The third-order valence-electron chi connectivity index (χ3n) is 3.30. The van der Waals surface area contributed by atoms with E-state index in [1.807, 2.05) is 30.3 Å². The molecule has 20 heavy (non-hydrogen) atoms. The van der Waals surface area contributed by atoms with Crippen molar-refractivity contribution >= 4 is 6.09 Å². The molecule has 1 saturated heterocycles. The Hall–Kier alpha value is -1.99. The minimum atomic E-state index is -0.476. The highest BCUT2D eigenvalue weighted by Gasteiger charge is 2.21. The molecule has 1 heterocycles. The number of hydrogen-bond donors (Lipinski definition) is 1. The van der Waals surface area contributed by atoms with E-state index in [-0.39, 0.29) is 12.6 Å². The summed E-state index contributed by atoms with van der Waals surface area (Å²) in [6, 6.07) is 9.23. The molecule has 106 valence electrons. The van der Waals surface area contributed by atoms with Gasteiger partial charge in [0.05, 0.1) is 6.04 Å². The van der Waals surface area contributed by atoms with E-state index >= 15 is 0 Å². The first-order chi connectivity index (χ1) is 9.78. The Bertz CT molecular complexity index is 460. The third-order valence-corrected chi connectivity index (χ3v) is 3.30. The molecule has 1 aliphatic rings. The van der Waals surface area contributed by atoms with E-state index in [0.717, 1.165) is 31.6 Å². The van der Waals surface area contributed by atoms with Crippen LogP contribution in [-0.4, -0.2) is 25.3 Å². The van der Waals surface area contributed by atoms with Crippen LogP contribution in [0, 0.1) is 18.3 Å². The molecule has 4 nitrogen and oxygen atoms in total. The summed E-state index contributed by atoms with van der Waals surface area (Å²) < 4.78 is 10.4. The Balaban J connectivity index is 1.73. The van der Waals surface area contributed by atoms with Crippen molar-refractivity contribution in [3.8, 4) is 12.3 Å². The number of alkyl carbamates (subject to hydrolysis) is 1. The lowest BCUT2D eigenvalue weighted by Gasteiger charge is -2.16. The Kier molecular flexibility index (Phi) is 5.45. The molecule has 2 atom stereocenters. The lowest BCUT2D eigenvalue weighted by molar-refractivity contribution is 0.136. The number of terminal acetylenes is 1. The molecule has 4 heteroatoms. The smallest absolute Gasteiger partial charge is 0.408 e. The van der Waals surface area contributed by atoms with Crippen LogP contribution in [-0.2, 0) is 16.1 Å². The van der Waals surface area contributed by atoms with Gasteiger partial charge in [0.2, 0.25) is 0 Å². The predicted molar refractivity (Wildman–Crippen MR) is 75.9 cm³/mol. The average molecular weight is 273 g/mol. The van der Waals surface area contributed by atoms with Crippen LogP contribution in [0.1, 0.15) is 18.4 Å². The number of hydrogen-bond acceptors (Lipinski definition) is 3. The van der Waals surface area contributed by atoms with Crippen molar-refractivity contribution in [3.63, 3.8) is 0 Å². The first-order valence-electron chi connectivity index (χ1n) is 6.79. The van der Waals surface area contributed by atoms with E-state index < -0.39 is 6.09 Å². The number of benzene rings is 1. The molecule has 0 aromatic heterocycles. The summed E-state index contributed by atoms with van der Waals surface area (Å²) in [6.45, 7) is 1.75. The molecule has 2 unspecified atom stereocenters. The molecule has 0 saturated carbocycles. The minimum absolute atomic E-state index is 0.247. The molecule has 1 N–H and O–H groups in total. The van der Waals surface area contributed by atoms with Crippen molar-refractivity contribution in [2.75, 3.05) is 13.2 Å². The largest absolute Gasteiger partial charge is 0.445 e. The second-order valence-corrected chi connectivity index (χ2v) is 4.89. The van der Waals surface area contributed by atoms with Gasteiger partial charge >= 0.3 is 6.09 Å². The van der Waals surface area contributed by atoms with Gasteiger partial charge in [-0.05, 0) is 24.3 Å². The van der Waals surface area contributed by atoms with E-state index in [9.17, 15) is 4.79 Å². The van der Waals surface area contributed by atoms with Gasteiger partial charge in [0.25, 0.3) is 0 Å². The zero-order valence-electron chi connectivity index (χ0n) is 11.4. The van der Waals surface area contributed by atoms with E-state index in [0.29, 0.717) is 5.92 Å². The summed E-state index contributed by atoms with van der Waals surface area (Å²) in [5.41, 5.74) is 0.948. The maximum absolute atomic E-state index is 11.7. The van der Waals surface area contributed by atoms with E-state index in [4.69, 9.17) is 15.9 Å². The Morgan fingerprint density at radius 3 is 2.95 bits per heavy atom. The molecule has 0 aliphatic carbocycles.